The summed E-state index contributed by atoms with van der Waals surface area (Å²) in [6.45, 7) is 17.7. The third-order valence-electron chi connectivity index (χ3n) is 8.17. The zero-order chi connectivity index (χ0) is 30.2. The molecule has 1 amide bonds. The molecule has 0 spiro atoms. The minimum Gasteiger partial charge on any atom is -0.444 e. The Hall–Kier alpha value is -2.67. The van der Waals surface area contributed by atoms with Gasteiger partial charge in [0.1, 0.15) is 5.60 Å². The summed E-state index contributed by atoms with van der Waals surface area (Å²) in [5.74, 6) is 0.595. The van der Waals surface area contributed by atoms with Gasteiger partial charge in [-0.1, -0.05) is 117 Å². The fourth-order valence-electron chi connectivity index (χ4n) is 6.15. The molecule has 0 bridgehead atoms. The summed E-state index contributed by atoms with van der Waals surface area (Å²) in [6, 6.07) is 20.9. The second-order valence-corrected chi connectivity index (χ2v) is 17.8. The van der Waals surface area contributed by atoms with Crippen LogP contribution in [0.15, 0.2) is 84.5 Å². The quantitative estimate of drug-likeness (QED) is 0.225. The fourth-order valence-corrected chi connectivity index (χ4v) is 10.2. The monoisotopic (exact) mass is 577 g/mol. The number of alkyl carbamates (subject to hydrolysis) is 1. The Balaban J connectivity index is 1.86. The number of benzene rings is 2. The lowest BCUT2D eigenvalue weighted by atomic mass is 9.95. The molecule has 6 atom stereocenters. The number of allylic oxidation sites excluding steroid dienone is 2. The molecule has 41 heavy (non-hydrogen) atoms. The van der Waals surface area contributed by atoms with Gasteiger partial charge in [0.15, 0.2) is 0 Å². The Morgan fingerprint density at radius 3 is 2.29 bits per heavy atom. The summed E-state index contributed by atoms with van der Waals surface area (Å²) < 4.78 is 18.0. The van der Waals surface area contributed by atoms with Gasteiger partial charge in [-0.2, -0.15) is 0 Å². The number of methoxy groups -OCH3 is 1. The van der Waals surface area contributed by atoms with Crippen molar-refractivity contribution in [3.05, 3.63) is 90.0 Å². The zero-order valence-electron chi connectivity index (χ0n) is 26.5. The van der Waals surface area contributed by atoms with E-state index in [0.29, 0.717) is 18.1 Å². The molecule has 1 fully saturated rings. The van der Waals surface area contributed by atoms with E-state index >= 15 is 0 Å². The Labute approximate surface area is 249 Å². The van der Waals surface area contributed by atoms with E-state index in [4.69, 9.17) is 14.2 Å². The molecule has 0 radical (unpaired) electrons. The van der Waals surface area contributed by atoms with Crippen molar-refractivity contribution in [2.45, 2.75) is 90.4 Å². The maximum Gasteiger partial charge on any atom is 0.408 e. The van der Waals surface area contributed by atoms with Gasteiger partial charge in [-0.15, -0.1) is 0 Å². The molecule has 0 aromatic heterocycles. The first-order valence-electron chi connectivity index (χ1n) is 14.9. The van der Waals surface area contributed by atoms with E-state index in [0.717, 1.165) is 12.0 Å². The fraction of sp³-hybridized carbons (Fsp3) is 0.514. The number of hydrogen-bond acceptors (Lipinski definition) is 4. The molecule has 1 N–H and O–H groups in total. The minimum absolute atomic E-state index is 0.0671. The lowest BCUT2D eigenvalue weighted by Gasteiger charge is -2.38. The Morgan fingerprint density at radius 1 is 1.10 bits per heavy atom. The number of nitrogens with one attached hydrogen (secondary N) is 1. The molecule has 6 heteroatoms. The van der Waals surface area contributed by atoms with E-state index in [-0.39, 0.29) is 24.2 Å². The predicted octanol–water partition coefficient (Wildman–Crippen LogP) is 7.30. The van der Waals surface area contributed by atoms with Crippen molar-refractivity contribution >= 4 is 19.4 Å². The van der Waals surface area contributed by atoms with E-state index < -0.39 is 19.8 Å². The summed E-state index contributed by atoms with van der Waals surface area (Å²) >= 11 is 0. The molecule has 5 nitrogen and oxygen atoms in total. The van der Waals surface area contributed by atoms with Gasteiger partial charge in [0.25, 0.3) is 0 Å². The first kappa shape index (κ1) is 32.8. The lowest BCUT2D eigenvalue weighted by Crippen LogP contribution is -2.55. The molecule has 2 aromatic carbocycles. The van der Waals surface area contributed by atoms with Crippen molar-refractivity contribution in [1.82, 2.24) is 5.32 Å². The number of carbonyl (C=O) groups is 1. The molecule has 1 heterocycles. The molecule has 1 aliphatic rings. The second kappa shape index (κ2) is 14.5. The van der Waals surface area contributed by atoms with E-state index in [1.165, 1.54) is 10.8 Å². The van der Waals surface area contributed by atoms with Crippen molar-refractivity contribution in [3.8, 4) is 0 Å². The van der Waals surface area contributed by atoms with E-state index in [1.54, 1.807) is 7.11 Å². The van der Waals surface area contributed by atoms with E-state index in [9.17, 15) is 4.79 Å². The number of hydrogen-bond donors (Lipinski definition) is 1. The Kier molecular flexibility index (Phi) is 11.6. The molecule has 0 unspecified atom stereocenters. The standard InChI is InChI=1S/C35H51NO4Si/c1-25(22-26(2)31(38-7)23-28-16-12-10-13-17-28)20-21-30(36-34(37)40-35(4,5)6)32-33(27(3)24-39-32)41(8,9)29-18-14-11-15-19-29/h10-22,26-27,30-33H,23-24H2,1-9H3,(H,36,37)/b21-20-,25-22+/t26-,27+,30-,31-,32+,33-/m0/s1. The van der Waals surface area contributed by atoms with E-state index in [2.05, 4.69) is 112 Å². The molecule has 3 rings (SSSR count). The molecular formula is C35H51NO4Si. The third-order valence-corrected chi connectivity index (χ3v) is 12.6. The van der Waals surface area contributed by atoms with Gasteiger partial charge in [-0.3, -0.25) is 0 Å². The maximum atomic E-state index is 13.0. The van der Waals surface area contributed by atoms with Gasteiger partial charge in [-0.25, -0.2) is 4.79 Å². The highest BCUT2D eigenvalue weighted by molar-refractivity contribution is 6.91. The molecule has 0 aliphatic carbocycles. The number of amides is 1. The Morgan fingerprint density at radius 2 is 1.71 bits per heavy atom. The molecule has 2 aromatic rings. The summed E-state index contributed by atoms with van der Waals surface area (Å²) in [5.41, 5.74) is 2.11. The van der Waals surface area contributed by atoms with Crippen LogP contribution in [-0.2, 0) is 20.6 Å². The molecule has 1 aliphatic heterocycles. The van der Waals surface area contributed by atoms with Crippen molar-refractivity contribution in [3.63, 3.8) is 0 Å². The molecular weight excluding hydrogens is 526 g/mol. The highest BCUT2D eigenvalue weighted by Gasteiger charge is 2.49. The third kappa shape index (κ3) is 9.42. The summed E-state index contributed by atoms with van der Waals surface area (Å²) in [7, 11) is -0.176. The molecule has 1 saturated heterocycles. The van der Waals surface area contributed by atoms with Gasteiger partial charge in [0.05, 0.1) is 26.3 Å². The maximum absolute atomic E-state index is 13.0. The van der Waals surface area contributed by atoms with Gasteiger partial charge in [0, 0.05) is 19.6 Å². The average Bonchev–Trinajstić information content (AvgIpc) is 3.31. The molecule has 0 saturated carbocycles. The highest BCUT2D eigenvalue weighted by atomic mass is 28.3. The van der Waals surface area contributed by atoms with Gasteiger partial charge in [-0.05, 0) is 51.1 Å². The van der Waals surface area contributed by atoms with E-state index in [1.807, 2.05) is 26.8 Å². The topological polar surface area (TPSA) is 56.8 Å². The van der Waals surface area contributed by atoms with Crippen LogP contribution in [0.4, 0.5) is 4.79 Å². The van der Waals surface area contributed by atoms with Gasteiger partial charge >= 0.3 is 6.09 Å². The summed E-state index contributed by atoms with van der Waals surface area (Å²) in [5, 5.41) is 4.57. The smallest absolute Gasteiger partial charge is 0.408 e. The largest absolute Gasteiger partial charge is 0.444 e. The summed E-state index contributed by atoms with van der Waals surface area (Å²) in [4.78, 5) is 13.0. The average molecular weight is 578 g/mol. The Bertz CT molecular complexity index is 1160. The van der Waals surface area contributed by atoms with Crippen LogP contribution in [0.1, 0.15) is 47.1 Å². The first-order valence-corrected chi connectivity index (χ1v) is 18.0. The van der Waals surface area contributed by atoms with Crippen LogP contribution in [0.25, 0.3) is 0 Å². The van der Waals surface area contributed by atoms with Crippen LogP contribution in [-0.4, -0.2) is 51.7 Å². The van der Waals surface area contributed by atoms with Gasteiger partial charge < -0.3 is 19.5 Å². The SMILES string of the molecule is CO[C@@H](Cc1ccccc1)[C@@H](C)/C=C(C)/C=C\[C@H](NC(=O)OC(C)(C)C)[C@H]1OC[C@@H](C)[C@@H]1[Si](C)(C)c1ccccc1. The lowest BCUT2D eigenvalue weighted by molar-refractivity contribution is 0.0411. The van der Waals surface area contributed by atoms with Crippen LogP contribution < -0.4 is 10.5 Å². The summed E-state index contributed by atoms with van der Waals surface area (Å²) in [6.07, 6.45) is 6.79. The number of carbonyl (C=O) groups excluding carboxylic acids is 1. The zero-order valence-corrected chi connectivity index (χ0v) is 27.5. The van der Waals surface area contributed by atoms with Crippen LogP contribution in [0.3, 0.4) is 0 Å². The van der Waals surface area contributed by atoms with Crippen LogP contribution in [0.5, 0.6) is 0 Å². The van der Waals surface area contributed by atoms with Crippen LogP contribution >= 0.6 is 0 Å². The number of ether oxygens (including phenoxy) is 3. The first-order chi connectivity index (χ1) is 19.3. The predicted molar refractivity (Wildman–Crippen MR) is 172 cm³/mol. The normalized spacial score (nSPS) is 22.4. The second-order valence-electron chi connectivity index (χ2n) is 13.2. The van der Waals surface area contributed by atoms with Crippen LogP contribution in [0, 0.1) is 11.8 Å². The van der Waals surface area contributed by atoms with Crippen molar-refractivity contribution in [2.75, 3.05) is 13.7 Å². The van der Waals surface area contributed by atoms with Crippen molar-refractivity contribution in [2.24, 2.45) is 11.8 Å². The van der Waals surface area contributed by atoms with Gasteiger partial charge in [0.2, 0.25) is 0 Å². The molecule has 224 valence electrons. The van der Waals surface area contributed by atoms with Crippen LogP contribution in [0.2, 0.25) is 18.6 Å². The number of rotatable bonds is 11. The highest BCUT2D eigenvalue weighted by Crippen LogP contribution is 2.42. The minimum atomic E-state index is -1.95. The van der Waals surface area contributed by atoms with Crippen molar-refractivity contribution < 1.29 is 19.0 Å². The van der Waals surface area contributed by atoms with Crippen molar-refractivity contribution in [1.29, 1.82) is 0 Å².